The fourth-order valence-electron chi connectivity index (χ4n) is 2.82. The van der Waals surface area contributed by atoms with Crippen LogP contribution in [0.25, 0.3) is 0 Å². The van der Waals surface area contributed by atoms with Crippen LogP contribution in [0.4, 0.5) is 0 Å². The Hall–Kier alpha value is -0.900. The maximum atomic E-state index is 5.75. The molecule has 1 saturated heterocycles. The summed E-state index contributed by atoms with van der Waals surface area (Å²) in [4.78, 5) is 0. The minimum Gasteiger partial charge on any atom is -0.378 e. The van der Waals surface area contributed by atoms with Crippen LogP contribution in [0.1, 0.15) is 43.9 Å². The van der Waals surface area contributed by atoms with E-state index in [1.807, 2.05) is 0 Å². The molecule has 2 rings (SSSR count). The molecule has 0 saturated carbocycles. The monoisotopic (exact) mass is 248 g/mol. The minimum atomic E-state index is 0.201. The van der Waals surface area contributed by atoms with E-state index in [0.29, 0.717) is 12.0 Å². The maximum absolute atomic E-state index is 5.75. The van der Waals surface area contributed by atoms with Gasteiger partial charge in [-0.3, -0.25) is 11.3 Å². The van der Waals surface area contributed by atoms with Crippen LogP contribution in [0.2, 0.25) is 0 Å². The van der Waals surface area contributed by atoms with Crippen molar-refractivity contribution >= 4 is 0 Å². The molecule has 3 heteroatoms. The second kappa shape index (κ2) is 6.32. The van der Waals surface area contributed by atoms with Crippen molar-refractivity contribution < 1.29 is 4.74 Å². The first-order chi connectivity index (χ1) is 8.74. The van der Waals surface area contributed by atoms with Gasteiger partial charge in [-0.1, -0.05) is 37.6 Å². The SMILES string of the molecule is CCCc1cccc(C(NN)C2COC(C)C2)c1. The Kier molecular flexibility index (Phi) is 4.75. The summed E-state index contributed by atoms with van der Waals surface area (Å²) in [6.07, 6.45) is 3.73. The molecule has 1 heterocycles. The van der Waals surface area contributed by atoms with Crippen molar-refractivity contribution in [1.29, 1.82) is 0 Å². The normalized spacial score (nSPS) is 25.3. The van der Waals surface area contributed by atoms with Gasteiger partial charge in [-0.05, 0) is 30.9 Å². The van der Waals surface area contributed by atoms with Crippen LogP contribution in [0, 0.1) is 5.92 Å². The van der Waals surface area contributed by atoms with E-state index in [-0.39, 0.29) is 6.04 Å². The Bertz CT molecular complexity index is 381. The van der Waals surface area contributed by atoms with Gasteiger partial charge in [-0.25, -0.2) is 0 Å². The third kappa shape index (κ3) is 3.10. The Labute approximate surface area is 110 Å². The molecule has 1 aromatic carbocycles. The first-order valence-electron chi connectivity index (χ1n) is 6.91. The van der Waals surface area contributed by atoms with E-state index >= 15 is 0 Å². The van der Waals surface area contributed by atoms with Gasteiger partial charge in [-0.2, -0.15) is 0 Å². The Morgan fingerprint density at radius 3 is 2.94 bits per heavy atom. The Balaban J connectivity index is 2.13. The summed E-state index contributed by atoms with van der Waals surface area (Å²) >= 11 is 0. The van der Waals surface area contributed by atoms with Gasteiger partial charge >= 0.3 is 0 Å². The highest BCUT2D eigenvalue weighted by Crippen LogP contribution is 2.31. The molecule has 3 N–H and O–H groups in total. The van der Waals surface area contributed by atoms with E-state index in [2.05, 4.69) is 43.5 Å². The molecule has 0 bridgehead atoms. The number of hydrazine groups is 1. The van der Waals surface area contributed by atoms with Crippen molar-refractivity contribution in [2.24, 2.45) is 11.8 Å². The van der Waals surface area contributed by atoms with Crippen LogP contribution in [-0.4, -0.2) is 12.7 Å². The lowest BCUT2D eigenvalue weighted by Crippen LogP contribution is -2.34. The van der Waals surface area contributed by atoms with E-state index in [1.54, 1.807) is 0 Å². The van der Waals surface area contributed by atoms with E-state index in [0.717, 1.165) is 19.4 Å². The minimum absolute atomic E-state index is 0.201. The second-order valence-corrected chi connectivity index (χ2v) is 5.28. The maximum Gasteiger partial charge on any atom is 0.0551 e. The van der Waals surface area contributed by atoms with Crippen LogP contribution < -0.4 is 11.3 Å². The summed E-state index contributed by atoms with van der Waals surface area (Å²) in [5.74, 6) is 6.22. The van der Waals surface area contributed by atoms with Gasteiger partial charge in [0.1, 0.15) is 0 Å². The fraction of sp³-hybridized carbons (Fsp3) is 0.600. The Morgan fingerprint density at radius 1 is 1.50 bits per heavy atom. The van der Waals surface area contributed by atoms with Crippen LogP contribution in [0.15, 0.2) is 24.3 Å². The van der Waals surface area contributed by atoms with Gasteiger partial charge in [0.2, 0.25) is 0 Å². The quantitative estimate of drug-likeness (QED) is 0.622. The summed E-state index contributed by atoms with van der Waals surface area (Å²) in [6.45, 7) is 5.13. The predicted molar refractivity (Wildman–Crippen MR) is 74.0 cm³/mol. The number of nitrogens with one attached hydrogen (secondary N) is 1. The van der Waals surface area contributed by atoms with E-state index < -0.39 is 0 Å². The topological polar surface area (TPSA) is 47.3 Å². The number of hydrogen-bond donors (Lipinski definition) is 2. The summed E-state index contributed by atoms with van der Waals surface area (Å²) < 4.78 is 5.65. The third-order valence-corrected chi connectivity index (χ3v) is 3.73. The first kappa shape index (κ1) is 13.5. The molecule has 1 aliphatic rings. The number of nitrogens with two attached hydrogens (primary N) is 1. The molecular formula is C15H24N2O. The van der Waals surface area contributed by atoms with E-state index in [4.69, 9.17) is 10.6 Å². The van der Waals surface area contributed by atoms with Crippen molar-refractivity contribution in [3.05, 3.63) is 35.4 Å². The molecule has 3 nitrogen and oxygen atoms in total. The smallest absolute Gasteiger partial charge is 0.0551 e. The first-order valence-corrected chi connectivity index (χ1v) is 6.91. The lowest BCUT2D eigenvalue weighted by atomic mass is 9.90. The molecule has 3 atom stereocenters. The second-order valence-electron chi connectivity index (χ2n) is 5.28. The van der Waals surface area contributed by atoms with E-state index in [9.17, 15) is 0 Å². The molecule has 0 spiro atoms. The molecule has 1 aromatic rings. The molecule has 1 fully saturated rings. The van der Waals surface area contributed by atoms with Crippen LogP contribution in [0.3, 0.4) is 0 Å². The molecule has 0 aromatic heterocycles. The Morgan fingerprint density at radius 2 is 2.33 bits per heavy atom. The highest BCUT2D eigenvalue weighted by molar-refractivity contribution is 5.27. The highest BCUT2D eigenvalue weighted by atomic mass is 16.5. The van der Waals surface area contributed by atoms with Gasteiger partial charge < -0.3 is 4.74 Å². The fourth-order valence-corrected chi connectivity index (χ4v) is 2.82. The van der Waals surface area contributed by atoms with Gasteiger partial charge in [0, 0.05) is 5.92 Å². The van der Waals surface area contributed by atoms with Crippen LogP contribution >= 0.6 is 0 Å². The molecule has 0 radical (unpaired) electrons. The third-order valence-electron chi connectivity index (χ3n) is 3.73. The average Bonchev–Trinajstić information content (AvgIpc) is 2.78. The molecule has 0 aliphatic carbocycles. The lowest BCUT2D eigenvalue weighted by molar-refractivity contribution is 0.117. The molecule has 18 heavy (non-hydrogen) atoms. The van der Waals surface area contributed by atoms with Gasteiger partial charge in [0.15, 0.2) is 0 Å². The molecule has 1 aliphatic heterocycles. The van der Waals surface area contributed by atoms with Gasteiger partial charge in [0.25, 0.3) is 0 Å². The van der Waals surface area contributed by atoms with Crippen LogP contribution in [-0.2, 0) is 11.2 Å². The van der Waals surface area contributed by atoms with Crippen molar-refractivity contribution in [3.63, 3.8) is 0 Å². The standard InChI is InChI=1S/C15H24N2O/c1-3-5-12-6-4-7-13(9-12)15(17-16)14-8-11(2)18-10-14/h4,6-7,9,11,14-15,17H,3,5,8,10,16H2,1-2H3. The molecule has 3 unspecified atom stereocenters. The molecule has 0 amide bonds. The zero-order valence-corrected chi connectivity index (χ0v) is 11.4. The van der Waals surface area contributed by atoms with Crippen molar-refractivity contribution in [2.75, 3.05) is 6.61 Å². The molecular weight excluding hydrogens is 224 g/mol. The van der Waals surface area contributed by atoms with E-state index in [1.165, 1.54) is 17.5 Å². The number of hydrogen-bond acceptors (Lipinski definition) is 3. The summed E-state index contributed by atoms with van der Waals surface area (Å²) in [5.41, 5.74) is 5.64. The number of rotatable bonds is 5. The van der Waals surface area contributed by atoms with Gasteiger partial charge in [-0.15, -0.1) is 0 Å². The number of aryl methyl sites for hydroxylation is 1. The largest absolute Gasteiger partial charge is 0.378 e. The lowest BCUT2D eigenvalue weighted by Gasteiger charge is -2.22. The zero-order chi connectivity index (χ0) is 13.0. The van der Waals surface area contributed by atoms with Gasteiger partial charge in [0.05, 0.1) is 18.8 Å². The summed E-state index contributed by atoms with van der Waals surface area (Å²) in [5, 5.41) is 0. The highest BCUT2D eigenvalue weighted by Gasteiger charge is 2.29. The number of benzene rings is 1. The van der Waals surface area contributed by atoms with Crippen LogP contribution in [0.5, 0.6) is 0 Å². The summed E-state index contributed by atoms with van der Waals surface area (Å²) in [6, 6.07) is 8.95. The summed E-state index contributed by atoms with van der Waals surface area (Å²) in [7, 11) is 0. The van der Waals surface area contributed by atoms with Crippen molar-refractivity contribution in [2.45, 2.75) is 45.3 Å². The predicted octanol–water partition coefficient (Wildman–Crippen LogP) is 2.57. The number of ether oxygens (including phenoxy) is 1. The zero-order valence-electron chi connectivity index (χ0n) is 11.4. The average molecular weight is 248 g/mol. The van der Waals surface area contributed by atoms with Crippen molar-refractivity contribution in [1.82, 2.24) is 5.43 Å². The van der Waals surface area contributed by atoms with Crippen molar-refractivity contribution in [3.8, 4) is 0 Å². The molecule has 100 valence electrons.